The van der Waals surface area contributed by atoms with E-state index in [-0.39, 0.29) is 0 Å². The fraction of sp³-hybridized carbons (Fsp3) is 0.154. The number of benzene rings is 4. The molecule has 0 nitrogen and oxygen atoms in total. The number of rotatable bonds is 4. The Morgan fingerprint density at radius 1 is 0.607 bits per heavy atom. The molecule has 5 rings (SSSR count). The van der Waals surface area contributed by atoms with Gasteiger partial charge in [-0.05, 0) is 58.6 Å². The molecule has 28 heavy (non-hydrogen) atoms. The summed E-state index contributed by atoms with van der Waals surface area (Å²) in [6.45, 7) is 4.94. The van der Waals surface area contributed by atoms with Crippen LogP contribution in [0.3, 0.4) is 0 Å². The predicted molar refractivity (Wildman–Crippen MR) is 129 cm³/mol. The zero-order valence-electron chi connectivity index (χ0n) is 16.5. The van der Waals surface area contributed by atoms with Crippen molar-refractivity contribution in [3.05, 3.63) is 96.1 Å². The molecule has 1 aliphatic carbocycles. The van der Waals surface area contributed by atoms with Gasteiger partial charge in [-0.3, -0.25) is 0 Å². The summed E-state index contributed by atoms with van der Waals surface area (Å²) >= 11 is 0. The average molecular weight is 397 g/mol. The van der Waals surface area contributed by atoms with Crippen LogP contribution >= 0.6 is 7.92 Å². The Morgan fingerprint density at radius 2 is 1.14 bits per heavy atom. The second-order valence-electron chi connectivity index (χ2n) is 7.97. The van der Waals surface area contributed by atoms with Gasteiger partial charge in [0.1, 0.15) is 0 Å². The van der Waals surface area contributed by atoms with E-state index in [1.54, 1.807) is 32.4 Å². The summed E-state index contributed by atoms with van der Waals surface area (Å²) in [5, 5.41) is 9.24. The molecular formula is C26H25PSi. The summed E-state index contributed by atoms with van der Waals surface area (Å²) in [5.74, 6) is 0. The van der Waals surface area contributed by atoms with Gasteiger partial charge in [0.25, 0.3) is 0 Å². The molecule has 0 radical (unpaired) electrons. The van der Waals surface area contributed by atoms with Gasteiger partial charge in [0.2, 0.25) is 0 Å². The number of aryl methyl sites for hydroxylation is 2. The van der Waals surface area contributed by atoms with E-state index in [1.165, 1.54) is 23.5 Å². The summed E-state index contributed by atoms with van der Waals surface area (Å²) in [4.78, 5) is 0. The van der Waals surface area contributed by atoms with E-state index in [4.69, 9.17) is 0 Å². The molecule has 4 aromatic carbocycles. The Bertz CT molecular complexity index is 1080. The maximum Gasteiger partial charge on any atom is 0.0655 e. The molecule has 1 aliphatic rings. The molecule has 2 heteroatoms. The maximum atomic E-state index is 2.47. The van der Waals surface area contributed by atoms with Crippen LogP contribution in [0.2, 0.25) is 13.1 Å². The Balaban J connectivity index is 1.86. The Labute approximate surface area is 170 Å². The maximum absolute atomic E-state index is 2.47. The van der Waals surface area contributed by atoms with E-state index >= 15 is 0 Å². The molecule has 0 aliphatic heterocycles. The number of hydrogen-bond donors (Lipinski definition) is 0. The fourth-order valence-electron chi connectivity index (χ4n) is 4.59. The zero-order chi connectivity index (χ0) is 19.1. The highest BCUT2D eigenvalue weighted by atomic mass is 31.1. The molecule has 0 N–H and O–H groups in total. The van der Waals surface area contributed by atoms with Gasteiger partial charge in [-0.1, -0.05) is 103 Å². The van der Waals surface area contributed by atoms with Crippen LogP contribution in [-0.4, -0.2) is 8.80 Å². The van der Waals surface area contributed by atoms with Crippen molar-refractivity contribution in [2.45, 2.75) is 25.9 Å². The lowest BCUT2D eigenvalue weighted by molar-refractivity contribution is 1.02. The minimum absolute atomic E-state index is 0.562. The van der Waals surface area contributed by atoms with Gasteiger partial charge < -0.3 is 0 Å². The third kappa shape index (κ3) is 2.94. The van der Waals surface area contributed by atoms with Crippen LogP contribution in [0, 0.1) is 0 Å². The lowest BCUT2D eigenvalue weighted by Gasteiger charge is -2.24. The van der Waals surface area contributed by atoms with Crippen molar-refractivity contribution >= 4 is 48.6 Å². The van der Waals surface area contributed by atoms with E-state index < -0.39 is 16.7 Å². The lowest BCUT2D eigenvalue weighted by atomic mass is 10.1. The third-order valence-electron chi connectivity index (χ3n) is 5.90. The monoisotopic (exact) mass is 396 g/mol. The molecule has 0 saturated heterocycles. The van der Waals surface area contributed by atoms with Crippen molar-refractivity contribution in [3.63, 3.8) is 0 Å². The van der Waals surface area contributed by atoms with Crippen LogP contribution < -0.4 is 21.1 Å². The summed E-state index contributed by atoms with van der Waals surface area (Å²) in [5.41, 5.74) is 3.11. The van der Waals surface area contributed by atoms with Crippen molar-refractivity contribution in [3.8, 4) is 0 Å². The van der Waals surface area contributed by atoms with E-state index in [9.17, 15) is 0 Å². The highest BCUT2D eigenvalue weighted by Crippen LogP contribution is 2.38. The molecule has 0 heterocycles. The van der Waals surface area contributed by atoms with Crippen LogP contribution in [0.5, 0.6) is 0 Å². The first-order chi connectivity index (χ1) is 13.7. The van der Waals surface area contributed by atoms with Crippen LogP contribution in [-0.2, 0) is 12.8 Å². The second-order valence-corrected chi connectivity index (χ2v) is 13.1. The van der Waals surface area contributed by atoms with Crippen molar-refractivity contribution < 1.29 is 0 Å². The lowest BCUT2D eigenvalue weighted by Crippen LogP contribution is -2.30. The molecular weight excluding hydrogens is 371 g/mol. The largest absolute Gasteiger partial charge is 0.0682 e. The summed E-state index contributed by atoms with van der Waals surface area (Å²) in [6, 6.07) is 32.0. The first kappa shape index (κ1) is 17.9. The molecule has 0 aromatic heterocycles. The van der Waals surface area contributed by atoms with Gasteiger partial charge in [-0.15, -0.1) is 0 Å². The smallest absolute Gasteiger partial charge is 0.0655 e. The van der Waals surface area contributed by atoms with Crippen molar-refractivity contribution in [2.24, 2.45) is 0 Å². The minimum Gasteiger partial charge on any atom is -0.0682 e. The van der Waals surface area contributed by atoms with E-state index in [1.807, 2.05) is 0 Å². The van der Waals surface area contributed by atoms with Gasteiger partial charge >= 0.3 is 0 Å². The van der Waals surface area contributed by atoms with Gasteiger partial charge in [0.15, 0.2) is 0 Å². The van der Waals surface area contributed by atoms with Crippen molar-refractivity contribution in [1.82, 2.24) is 0 Å². The SMILES string of the molecule is C[SiH](C)c1ccc2c3c(ccc(P(c4ccccc4)c4ccccc4)c13)CC2. The molecule has 0 atom stereocenters. The Hall–Kier alpha value is -2.21. The summed E-state index contributed by atoms with van der Waals surface area (Å²) in [7, 11) is -1.50. The summed E-state index contributed by atoms with van der Waals surface area (Å²) < 4.78 is 0. The topological polar surface area (TPSA) is 0 Å². The first-order valence-corrected chi connectivity index (χ1v) is 14.4. The molecule has 0 fully saturated rings. The van der Waals surface area contributed by atoms with Crippen LogP contribution in [0.15, 0.2) is 84.9 Å². The second kappa shape index (κ2) is 7.31. The molecule has 0 unspecified atom stereocenters. The molecule has 0 bridgehead atoms. The highest BCUT2D eigenvalue weighted by molar-refractivity contribution is 7.80. The molecule has 0 spiro atoms. The third-order valence-corrected chi connectivity index (χ3v) is 10.1. The average Bonchev–Trinajstić information content (AvgIpc) is 3.16. The standard InChI is InChI=1S/C26H25PSi/c1-28(2)24-18-16-20-14-13-19-15-17-23(26(24)25(19)20)27(21-9-5-3-6-10-21)22-11-7-4-8-12-22/h3-12,15-18,28H,13-14H2,1-2H3. The molecule has 0 saturated carbocycles. The predicted octanol–water partition coefficient (Wildman–Crippen LogP) is 4.39. The normalized spacial score (nSPS) is 13.0. The number of hydrogen-bond acceptors (Lipinski definition) is 0. The first-order valence-electron chi connectivity index (χ1n) is 10.2. The van der Waals surface area contributed by atoms with Gasteiger partial charge in [-0.2, -0.15) is 0 Å². The van der Waals surface area contributed by atoms with Crippen LogP contribution in [0.25, 0.3) is 10.8 Å². The zero-order valence-corrected chi connectivity index (χ0v) is 18.6. The summed E-state index contributed by atoms with van der Waals surface area (Å²) in [6.07, 6.45) is 2.40. The Morgan fingerprint density at radius 3 is 1.68 bits per heavy atom. The van der Waals surface area contributed by atoms with Gasteiger partial charge in [0.05, 0.1) is 8.80 Å². The molecule has 138 valence electrons. The molecule has 0 amide bonds. The van der Waals surface area contributed by atoms with Crippen molar-refractivity contribution in [1.29, 1.82) is 0 Å². The van der Waals surface area contributed by atoms with E-state index in [2.05, 4.69) is 98.0 Å². The van der Waals surface area contributed by atoms with Crippen molar-refractivity contribution in [2.75, 3.05) is 0 Å². The molecule has 4 aromatic rings. The van der Waals surface area contributed by atoms with Gasteiger partial charge in [0, 0.05) is 0 Å². The quantitative estimate of drug-likeness (QED) is 0.355. The minimum atomic E-state index is -0.939. The van der Waals surface area contributed by atoms with E-state index in [0.29, 0.717) is 0 Å². The van der Waals surface area contributed by atoms with Crippen LogP contribution in [0.1, 0.15) is 11.1 Å². The van der Waals surface area contributed by atoms with Crippen LogP contribution in [0.4, 0.5) is 0 Å². The van der Waals surface area contributed by atoms with E-state index in [0.717, 1.165) is 0 Å². The fourth-order valence-corrected chi connectivity index (χ4v) is 8.55. The Kier molecular flexibility index (Phi) is 4.66. The van der Waals surface area contributed by atoms with Gasteiger partial charge in [-0.25, -0.2) is 0 Å². The highest BCUT2D eigenvalue weighted by Gasteiger charge is 2.25.